The van der Waals surface area contributed by atoms with Crippen LogP contribution < -0.4 is 5.32 Å². The van der Waals surface area contributed by atoms with Crippen LogP contribution >= 0.6 is 11.8 Å². The quantitative estimate of drug-likeness (QED) is 0.658. The molecule has 0 bridgehead atoms. The van der Waals surface area contributed by atoms with Crippen molar-refractivity contribution in [1.82, 2.24) is 20.0 Å². The monoisotopic (exact) mass is 349 g/mol. The van der Waals surface area contributed by atoms with Crippen molar-refractivity contribution >= 4 is 17.7 Å². The smallest absolute Gasteiger partial charge is 0.352 e. The highest BCUT2D eigenvalue weighted by molar-refractivity contribution is 8.00. The number of hydrogen-bond donors (Lipinski definition) is 1. The predicted octanol–water partition coefficient (Wildman–Crippen LogP) is 2.34. The molecule has 0 spiro atoms. The molecule has 0 amide bonds. The lowest BCUT2D eigenvalue weighted by Crippen LogP contribution is -2.50. The number of aromatic nitrogens is 2. The third-order valence-electron chi connectivity index (χ3n) is 3.55. The Balaban J connectivity index is 2.07. The maximum absolute atomic E-state index is 13.0. The lowest BCUT2D eigenvalue weighted by molar-refractivity contribution is -0.142. The van der Waals surface area contributed by atoms with Crippen LogP contribution in [0, 0.1) is 0 Å². The molecule has 0 atom stereocenters. The van der Waals surface area contributed by atoms with E-state index in [1.54, 1.807) is 7.05 Å². The summed E-state index contributed by atoms with van der Waals surface area (Å²) in [6.45, 7) is 5.98. The Morgan fingerprint density at radius 3 is 2.74 bits per heavy atom. The summed E-state index contributed by atoms with van der Waals surface area (Å²) >= 11 is 1.89. The first-order chi connectivity index (χ1) is 10.6. The van der Waals surface area contributed by atoms with E-state index in [-0.39, 0.29) is 16.9 Å². The minimum atomic E-state index is -4.45. The minimum Gasteiger partial charge on any atom is -0.352 e. The van der Waals surface area contributed by atoms with Crippen LogP contribution in [0.2, 0.25) is 0 Å². The number of thioether (sulfide) groups is 1. The summed E-state index contributed by atoms with van der Waals surface area (Å²) in [5.74, 6) is 1.59. The number of rotatable bonds is 2. The summed E-state index contributed by atoms with van der Waals surface area (Å²) in [5, 5.41) is 6.55. The minimum absolute atomic E-state index is 0.0411. The molecule has 0 saturated carbocycles. The van der Waals surface area contributed by atoms with Gasteiger partial charge < -0.3 is 10.2 Å². The first kappa shape index (κ1) is 18.0. The molecule has 1 N–H and O–H groups in total. The molecule has 1 aromatic rings. The average molecular weight is 349 g/mol. The summed E-state index contributed by atoms with van der Waals surface area (Å²) in [4.78, 5) is 6.29. The van der Waals surface area contributed by atoms with Gasteiger partial charge in [-0.25, -0.2) is 0 Å². The molecule has 23 heavy (non-hydrogen) atoms. The molecule has 0 unspecified atom stereocenters. The number of guanidine groups is 1. The normalized spacial score (nSPS) is 19.1. The zero-order chi connectivity index (χ0) is 17.3. The standard InChI is InChI=1S/C14H22F3N5S/c1-13(2)9-22(5-6-23-13)12(18-3)19-7-10-8-21(4)20-11(10)14(15,16)17/h8H,5-7,9H2,1-4H3,(H,18,19). The molecule has 1 aliphatic heterocycles. The van der Waals surface area contributed by atoms with Gasteiger partial charge in [0.2, 0.25) is 0 Å². The summed E-state index contributed by atoms with van der Waals surface area (Å²) < 4.78 is 40.2. The van der Waals surface area contributed by atoms with Gasteiger partial charge >= 0.3 is 6.18 Å². The van der Waals surface area contributed by atoms with Crippen molar-refractivity contribution < 1.29 is 13.2 Å². The van der Waals surface area contributed by atoms with Gasteiger partial charge in [-0.15, -0.1) is 0 Å². The topological polar surface area (TPSA) is 45.5 Å². The van der Waals surface area contributed by atoms with Crippen LogP contribution in [0.5, 0.6) is 0 Å². The third kappa shape index (κ3) is 4.55. The molecule has 1 aliphatic rings. The summed E-state index contributed by atoms with van der Waals surface area (Å²) in [7, 11) is 3.13. The van der Waals surface area contributed by atoms with Crippen LogP contribution in [-0.4, -0.2) is 51.3 Å². The van der Waals surface area contributed by atoms with Gasteiger partial charge in [0.05, 0.1) is 0 Å². The van der Waals surface area contributed by atoms with Crippen molar-refractivity contribution in [3.05, 3.63) is 17.5 Å². The molecule has 1 aromatic heterocycles. The lowest BCUT2D eigenvalue weighted by atomic mass is 10.2. The Morgan fingerprint density at radius 2 is 2.17 bits per heavy atom. The van der Waals surface area contributed by atoms with Crippen molar-refractivity contribution in [3.63, 3.8) is 0 Å². The summed E-state index contributed by atoms with van der Waals surface area (Å²) in [5.41, 5.74) is -0.732. The van der Waals surface area contributed by atoms with E-state index < -0.39 is 11.9 Å². The van der Waals surface area contributed by atoms with E-state index in [9.17, 15) is 13.2 Å². The largest absolute Gasteiger partial charge is 0.435 e. The molecule has 1 saturated heterocycles. The zero-order valence-electron chi connectivity index (χ0n) is 13.7. The fourth-order valence-corrected chi connectivity index (χ4v) is 3.72. The van der Waals surface area contributed by atoms with Gasteiger partial charge in [-0.2, -0.15) is 30.0 Å². The Morgan fingerprint density at radius 1 is 1.48 bits per heavy atom. The number of hydrogen-bond acceptors (Lipinski definition) is 3. The second-order valence-electron chi connectivity index (χ2n) is 6.10. The van der Waals surface area contributed by atoms with Crippen molar-refractivity contribution in [3.8, 4) is 0 Å². The molecule has 1 fully saturated rings. The number of halogens is 3. The van der Waals surface area contributed by atoms with E-state index in [2.05, 4.69) is 34.2 Å². The second kappa shape index (κ2) is 6.62. The summed E-state index contributed by atoms with van der Waals surface area (Å²) in [6, 6.07) is 0. The highest BCUT2D eigenvalue weighted by atomic mass is 32.2. The fourth-order valence-electron chi connectivity index (χ4n) is 2.61. The van der Waals surface area contributed by atoms with Gasteiger partial charge in [0.15, 0.2) is 11.7 Å². The van der Waals surface area contributed by atoms with Gasteiger partial charge in [0.1, 0.15) is 0 Å². The van der Waals surface area contributed by atoms with E-state index >= 15 is 0 Å². The number of aryl methyl sites for hydroxylation is 1. The highest BCUT2D eigenvalue weighted by Gasteiger charge is 2.37. The van der Waals surface area contributed by atoms with Crippen molar-refractivity contribution in [2.75, 3.05) is 25.9 Å². The molecule has 5 nitrogen and oxygen atoms in total. The van der Waals surface area contributed by atoms with Crippen molar-refractivity contribution in [2.45, 2.75) is 31.3 Å². The van der Waals surface area contributed by atoms with Crippen LogP contribution in [0.4, 0.5) is 13.2 Å². The third-order valence-corrected chi connectivity index (χ3v) is 4.84. The number of alkyl halides is 3. The van der Waals surface area contributed by atoms with Gasteiger partial charge in [0, 0.05) is 56.0 Å². The number of nitrogens with one attached hydrogen (secondary N) is 1. The van der Waals surface area contributed by atoms with Crippen LogP contribution in [-0.2, 0) is 19.8 Å². The van der Waals surface area contributed by atoms with Gasteiger partial charge in [-0.3, -0.25) is 9.67 Å². The Hall–Kier alpha value is -1.38. The lowest BCUT2D eigenvalue weighted by Gasteiger charge is -2.39. The molecule has 0 aliphatic carbocycles. The van der Waals surface area contributed by atoms with Crippen molar-refractivity contribution in [2.24, 2.45) is 12.0 Å². The molecule has 0 radical (unpaired) electrons. The van der Waals surface area contributed by atoms with Gasteiger partial charge in [-0.05, 0) is 13.8 Å². The fraction of sp³-hybridized carbons (Fsp3) is 0.714. The predicted molar refractivity (Wildman–Crippen MR) is 86.5 cm³/mol. The van der Waals surface area contributed by atoms with Gasteiger partial charge in [0.25, 0.3) is 0 Å². The zero-order valence-corrected chi connectivity index (χ0v) is 14.6. The van der Waals surface area contributed by atoms with Crippen LogP contribution in [0.1, 0.15) is 25.1 Å². The maximum Gasteiger partial charge on any atom is 0.435 e. The SMILES string of the molecule is CN=C(NCc1cn(C)nc1C(F)(F)F)N1CCSC(C)(C)C1. The Kier molecular flexibility index (Phi) is 5.17. The van der Waals surface area contributed by atoms with E-state index in [1.807, 2.05) is 11.8 Å². The first-order valence-electron chi connectivity index (χ1n) is 7.31. The van der Waals surface area contributed by atoms with Crippen LogP contribution in [0.15, 0.2) is 11.2 Å². The van der Waals surface area contributed by atoms with E-state index in [0.717, 1.165) is 18.8 Å². The highest BCUT2D eigenvalue weighted by Crippen LogP contribution is 2.31. The molecular formula is C14H22F3N5S. The first-order valence-corrected chi connectivity index (χ1v) is 8.30. The molecule has 2 heterocycles. The molecule has 9 heteroatoms. The van der Waals surface area contributed by atoms with Crippen molar-refractivity contribution in [1.29, 1.82) is 0 Å². The summed E-state index contributed by atoms with van der Waals surface area (Å²) in [6.07, 6.45) is -3.06. The molecular weight excluding hydrogens is 327 g/mol. The van der Waals surface area contributed by atoms with Crippen LogP contribution in [0.3, 0.4) is 0 Å². The van der Waals surface area contributed by atoms with E-state index in [1.165, 1.54) is 17.9 Å². The van der Waals surface area contributed by atoms with E-state index in [0.29, 0.717) is 5.96 Å². The molecule has 2 rings (SSSR count). The molecule has 0 aromatic carbocycles. The average Bonchev–Trinajstić information content (AvgIpc) is 2.80. The maximum atomic E-state index is 13.0. The number of nitrogens with zero attached hydrogens (tertiary/aromatic N) is 4. The van der Waals surface area contributed by atoms with Gasteiger partial charge in [-0.1, -0.05) is 0 Å². The molecule has 130 valence electrons. The second-order valence-corrected chi connectivity index (χ2v) is 7.91. The Labute approximate surface area is 138 Å². The Bertz CT molecular complexity index is 579. The van der Waals surface area contributed by atoms with Crippen LogP contribution in [0.25, 0.3) is 0 Å². The number of aliphatic imine (C=N–C) groups is 1. The van der Waals surface area contributed by atoms with E-state index in [4.69, 9.17) is 0 Å².